The summed E-state index contributed by atoms with van der Waals surface area (Å²) in [6.07, 6.45) is -2.77. The second-order valence-corrected chi connectivity index (χ2v) is 12.7. The molecule has 4 amide bonds. The van der Waals surface area contributed by atoms with Crippen molar-refractivity contribution < 1.29 is 32.3 Å². The maximum absolute atomic E-state index is 13.3. The van der Waals surface area contributed by atoms with E-state index in [1.54, 1.807) is 47.0 Å². The molecular formula is C34H31F3N6O4S. The van der Waals surface area contributed by atoms with Gasteiger partial charge in [0.05, 0.1) is 34.7 Å². The van der Waals surface area contributed by atoms with Gasteiger partial charge in [0.25, 0.3) is 5.91 Å². The van der Waals surface area contributed by atoms with Crippen molar-refractivity contribution in [1.82, 2.24) is 9.78 Å². The summed E-state index contributed by atoms with van der Waals surface area (Å²) in [7, 11) is 0. The van der Waals surface area contributed by atoms with Gasteiger partial charge in [-0.15, -0.1) is 13.2 Å². The van der Waals surface area contributed by atoms with E-state index in [-0.39, 0.29) is 35.8 Å². The third kappa shape index (κ3) is 6.79. The van der Waals surface area contributed by atoms with Crippen LogP contribution in [0.1, 0.15) is 52.5 Å². The molecule has 1 N–H and O–H groups in total. The first-order chi connectivity index (χ1) is 22.8. The number of alkyl halides is 3. The van der Waals surface area contributed by atoms with Gasteiger partial charge in [-0.3, -0.25) is 14.5 Å². The van der Waals surface area contributed by atoms with Crippen LogP contribution in [0.4, 0.5) is 35.0 Å². The molecule has 0 unspecified atom stereocenters. The van der Waals surface area contributed by atoms with Crippen LogP contribution in [0.15, 0.2) is 71.9 Å². The van der Waals surface area contributed by atoms with E-state index in [4.69, 9.17) is 0 Å². The number of urea groups is 1. The van der Waals surface area contributed by atoms with Gasteiger partial charge in [0.2, 0.25) is 5.91 Å². The Labute approximate surface area is 278 Å². The molecule has 2 aliphatic rings. The minimum atomic E-state index is -4.82. The number of thioether (sulfide) groups is 1. The minimum absolute atomic E-state index is 0.141. The number of carbonyl (C=O) groups excluding carboxylic acids is 3. The highest BCUT2D eigenvalue weighted by Gasteiger charge is 2.34. The molecule has 0 spiro atoms. The molecule has 3 heterocycles. The van der Waals surface area contributed by atoms with E-state index in [9.17, 15) is 27.6 Å². The molecule has 248 valence electrons. The van der Waals surface area contributed by atoms with Crippen LogP contribution in [0.3, 0.4) is 0 Å². The monoisotopic (exact) mass is 676 g/mol. The van der Waals surface area contributed by atoms with Crippen molar-refractivity contribution in [3.63, 3.8) is 0 Å². The number of nitrogens with one attached hydrogen (secondary N) is 1. The van der Waals surface area contributed by atoms with Crippen LogP contribution in [0.5, 0.6) is 5.75 Å². The molecule has 48 heavy (non-hydrogen) atoms. The topological polar surface area (TPSA) is 109 Å². The van der Waals surface area contributed by atoms with Gasteiger partial charge in [0.1, 0.15) is 5.75 Å². The smallest absolute Gasteiger partial charge is 0.406 e. The number of amides is 4. The van der Waals surface area contributed by atoms with Gasteiger partial charge in [-0.2, -0.15) is 10.1 Å². The number of nitrogens with zero attached hydrogens (tertiary/aromatic N) is 5. The highest BCUT2D eigenvalue weighted by molar-refractivity contribution is 8.15. The average Bonchev–Trinajstić information content (AvgIpc) is 3.58. The lowest BCUT2D eigenvalue weighted by molar-refractivity contribution is -0.274. The third-order valence-electron chi connectivity index (χ3n) is 7.95. The predicted octanol–water partition coefficient (Wildman–Crippen LogP) is 7.38. The van der Waals surface area contributed by atoms with Gasteiger partial charge in [-0.05, 0) is 91.4 Å². The Morgan fingerprint density at radius 3 is 2.48 bits per heavy atom. The first kappa shape index (κ1) is 32.8. The molecule has 0 aliphatic carbocycles. The number of anilines is 3. The van der Waals surface area contributed by atoms with Crippen LogP contribution in [-0.4, -0.2) is 51.5 Å². The lowest BCUT2D eigenvalue weighted by atomic mass is 9.98. The Kier molecular flexibility index (Phi) is 8.77. The second-order valence-electron chi connectivity index (χ2n) is 11.7. The van der Waals surface area contributed by atoms with Crippen LogP contribution < -0.4 is 19.9 Å². The second kappa shape index (κ2) is 12.8. The number of hydrogen-bond donors (Lipinski definition) is 1. The molecule has 10 nitrogen and oxygen atoms in total. The summed E-state index contributed by atoms with van der Waals surface area (Å²) in [6, 6.07) is 15.9. The van der Waals surface area contributed by atoms with Crippen molar-refractivity contribution >= 4 is 51.8 Å². The van der Waals surface area contributed by atoms with E-state index >= 15 is 0 Å². The first-order valence-electron chi connectivity index (χ1n) is 15.1. The Morgan fingerprint density at radius 2 is 1.77 bits per heavy atom. The summed E-state index contributed by atoms with van der Waals surface area (Å²) in [5.41, 5.74) is 5.78. The summed E-state index contributed by atoms with van der Waals surface area (Å²) < 4.78 is 43.6. The van der Waals surface area contributed by atoms with Gasteiger partial charge in [-0.25, -0.2) is 9.48 Å². The molecule has 6 rings (SSSR count). The molecule has 0 radical (unpaired) electrons. The van der Waals surface area contributed by atoms with Crippen molar-refractivity contribution in [2.45, 2.75) is 46.4 Å². The van der Waals surface area contributed by atoms with Crippen molar-refractivity contribution in [2.24, 2.45) is 4.99 Å². The molecule has 4 aromatic rings. The van der Waals surface area contributed by atoms with E-state index in [0.29, 0.717) is 45.5 Å². The molecule has 1 aromatic heterocycles. The van der Waals surface area contributed by atoms with Crippen molar-refractivity contribution in [3.05, 3.63) is 94.8 Å². The Morgan fingerprint density at radius 1 is 1.02 bits per heavy atom. The number of amidine groups is 1. The normalized spacial score (nSPS) is 15.8. The highest BCUT2D eigenvalue weighted by Crippen LogP contribution is 2.35. The van der Waals surface area contributed by atoms with Gasteiger partial charge < -0.3 is 15.0 Å². The van der Waals surface area contributed by atoms with Crippen LogP contribution in [0.25, 0.3) is 5.69 Å². The van der Waals surface area contributed by atoms with E-state index in [0.717, 1.165) is 22.9 Å². The minimum Gasteiger partial charge on any atom is -0.406 e. The van der Waals surface area contributed by atoms with Crippen LogP contribution in [0, 0.1) is 13.8 Å². The zero-order valence-corrected chi connectivity index (χ0v) is 27.3. The number of fused-ring (bicyclic) bond motifs is 1. The van der Waals surface area contributed by atoms with E-state index in [1.165, 1.54) is 28.8 Å². The molecule has 0 bridgehead atoms. The summed E-state index contributed by atoms with van der Waals surface area (Å²) >= 11 is 1.21. The zero-order valence-electron chi connectivity index (χ0n) is 26.5. The number of halogens is 3. The maximum Gasteiger partial charge on any atom is 0.573 e. The van der Waals surface area contributed by atoms with Gasteiger partial charge in [0.15, 0.2) is 5.17 Å². The number of aliphatic imine (C=N–C) groups is 1. The van der Waals surface area contributed by atoms with Crippen LogP contribution in [-0.2, 0) is 11.2 Å². The lowest BCUT2D eigenvalue weighted by Gasteiger charge is -2.28. The van der Waals surface area contributed by atoms with E-state index in [1.807, 2.05) is 39.0 Å². The zero-order chi connectivity index (χ0) is 34.3. The lowest BCUT2D eigenvalue weighted by Crippen LogP contribution is -2.37. The largest absolute Gasteiger partial charge is 0.573 e. The molecule has 1 fully saturated rings. The Hall–Kier alpha value is -5.11. The van der Waals surface area contributed by atoms with E-state index < -0.39 is 12.4 Å². The number of rotatable bonds is 6. The standard InChI is InChI=1S/C34H31F3N6O4S/c1-19(2)26-11-5-20(3)15-28(26)43-30(44)18-48-33(43)39-32(46)38-23-6-8-24(9-7-23)42-17-29(21(4)40-42)41-14-13-22-16-25(47-34(35,36)37)10-12-27(22)31(41)45/h5-12,15-17,19H,13-14,18H2,1-4H3,(H,38,46). The summed E-state index contributed by atoms with van der Waals surface area (Å²) in [6.45, 7) is 8.06. The predicted molar refractivity (Wildman–Crippen MR) is 178 cm³/mol. The van der Waals surface area contributed by atoms with Crippen molar-refractivity contribution in [2.75, 3.05) is 27.4 Å². The first-order valence-corrected chi connectivity index (χ1v) is 16.1. The SMILES string of the molecule is Cc1ccc(C(C)C)c(N2C(=O)CSC2=NC(=O)Nc2ccc(-n3cc(N4CCc5cc(OC(F)(F)F)ccc5C4=O)c(C)n3)cc2)c1. The molecule has 0 saturated carbocycles. The number of benzene rings is 3. The molecule has 2 aliphatic heterocycles. The highest BCUT2D eigenvalue weighted by atomic mass is 32.2. The summed E-state index contributed by atoms with van der Waals surface area (Å²) in [5, 5.41) is 7.62. The van der Waals surface area contributed by atoms with Gasteiger partial charge in [-0.1, -0.05) is 37.7 Å². The fourth-order valence-corrected chi connectivity index (χ4v) is 6.55. The number of hydrogen-bond acceptors (Lipinski definition) is 6. The molecule has 3 aromatic carbocycles. The molecule has 14 heteroatoms. The number of ether oxygens (including phenoxy) is 1. The fourth-order valence-electron chi connectivity index (χ4n) is 5.69. The van der Waals surface area contributed by atoms with Crippen molar-refractivity contribution in [1.29, 1.82) is 0 Å². The number of aromatic nitrogens is 2. The average molecular weight is 677 g/mol. The fraction of sp³-hybridized carbons (Fsp3) is 0.265. The van der Waals surface area contributed by atoms with E-state index in [2.05, 4.69) is 20.1 Å². The maximum atomic E-state index is 13.3. The van der Waals surface area contributed by atoms with Crippen LogP contribution in [0.2, 0.25) is 0 Å². The van der Waals surface area contributed by atoms with Gasteiger partial charge >= 0.3 is 12.4 Å². The number of aryl methyl sites for hydroxylation is 2. The summed E-state index contributed by atoms with van der Waals surface area (Å²) in [5.74, 6) is -0.503. The number of carbonyl (C=O) groups is 3. The molecule has 1 saturated heterocycles. The van der Waals surface area contributed by atoms with Crippen LogP contribution >= 0.6 is 11.8 Å². The third-order valence-corrected chi connectivity index (χ3v) is 8.87. The molecular weight excluding hydrogens is 645 g/mol. The molecule has 0 atom stereocenters. The quantitative estimate of drug-likeness (QED) is 0.228. The Balaban J connectivity index is 1.15. The van der Waals surface area contributed by atoms with Crippen molar-refractivity contribution in [3.8, 4) is 11.4 Å². The summed E-state index contributed by atoms with van der Waals surface area (Å²) in [4.78, 5) is 46.4. The van der Waals surface area contributed by atoms with Gasteiger partial charge in [0, 0.05) is 17.8 Å². The Bertz CT molecular complexity index is 1960.